The van der Waals surface area contributed by atoms with Gasteiger partial charge in [0.25, 0.3) is 0 Å². The van der Waals surface area contributed by atoms with Crippen LogP contribution in [0.25, 0.3) is 0 Å². The molecule has 0 saturated heterocycles. The van der Waals surface area contributed by atoms with Gasteiger partial charge < -0.3 is 16.6 Å². The average molecular weight is 254 g/mol. The molecule has 5 N–H and O–H groups in total. The number of nitrogens with two attached hydrogens (primary N) is 2. The Kier molecular flexibility index (Phi) is 3.81. The van der Waals surface area contributed by atoms with Crippen molar-refractivity contribution in [3.05, 3.63) is 6.07 Å². The molecule has 0 fully saturated rings. The van der Waals surface area contributed by atoms with E-state index in [2.05, 4.69) is 9.97 Å². The molecule has 1 unspecified atom stereocenters. The molecule has 1 aromatic rings. The zero-order valence-corrected chi connectivity index (χ0v) is 8.72. The second-order valence-electron chi connectivity index (χ2n) is 2.87. The number of aliphatic hydroxyl groups is 1. The zero-order valence-electron chi connectivity index (χ0n) is 7.90. The summed E-state index contributed by atoms with van der Waals surface area (Å²) in [6.07, 6.45) is -7.08. The standard InChI is InChI=1S/C7H9F3N4OS/c8-7(9,10)3(15)2-16-6-13-4(11)1-5(12)14-6/h1,3,15H,2H2,(H4,11,12,13,14). The quantitative estimate of drug-likeness (QED) is 0.541. The number of alkyl halides is 3. The summed E-state index contributed by atoms with van der Waals surface area (Å²) < 4.78 is 35.9. The molecule has 1 rings (SSSR count). The molecule has 0 radical (unpaired) electrons. The number of aromatic nitrogens is 2. The molecule has 1 atom stereocenters. The Morgan fingerprint density at radius 1 is 1.31 bits per heavy atom. The molecule has 1 heterocycles. The third-order valence-corrected chi connectivity index (χ3v) is 2.42. The van der Waals surface area contributed by atoms with Gasteiger partial charge in [-0.1, -0.05) is 11.8 Å². The number of nitrogens with zero attached hydrogens (tertiary/aromatic N) is 2. The summed E-state index contributed by atoms with van der Waals surface area (Å²) in [6, 6.07) is 1.28. The Morgan fingerprint density at radius 2 is 1.81 bits per heavy atom. The highest BCUT2D eigenvalue weighted by Gasteiger charge is 2.38. The summed E-state index contributed by atoms with van der Waals surface area (Å²) in [7, 11) is 0. The van der Waals surface area contributed by atoms with Crippen LogP contribution in [0.2, 0.25) is 0 Å². The van der Waals surface area contributed by atoms with Gasteiger partial charge in [0.1, 0.15) is 11.6 Å². The second kappa shape index (κ2) is 4.74. The van der Waals surface area contributed by atoms with E-state index in [0.717, 1.165) is 0 Å². The minimum Gasteiger partial charge on any atom is -0.383 e. The number of thioether (sulfide) groups is 1. The van der Waals surface area contributed by atoms with E-state index >= 15 is 0 Å². The summed E-state index contributed by atoms with van der Waals surface area (Å²) in [5, 5.41) is 8.72. The SMILES string of the molecule is Nc1cc(N)nc(SCC(O)C(F)(F)F)n1. The van der Waals surface area contributed by atoms with E-state index in [1.807, 2.05) is 0 Å². The normalized spacial score (nSPS) is 13.8. The number of halogens is 3. The van der Waals surface area contributed by atoms with Crippen LogP contribution in [0.3, 0.4) is 0 Å². The smallest absolute Gasteiger partial charge is 0.383 e. The van der Waals surface area contributed by atoms with Gasteiger partial charge in [0.05, 0.1) is 0 Å². The predicted molar refractivity (Wildman–Crippen MR) is 53.6 cm³/mol. The fourth-order valence-corrected chi connectivity index (χ4v) is 1.61. The molecule has 0 aromatic carbocycles. The Morgan fingerprint density at radius 3 is 2.25 bits per heavy atom. The van der Waals surface area contributed by atoms with Crippen LogP contribution in [-0.2, 0) is 0 Å². The van der Waals surface area contributed by atoms with Gasteiger partial charge in [0.2, 0.25) is 0 Å². The van der Waals surface area contributed by atoms with Crippen molar-refractivity contribution in [1.29, 1.82) is 0 Å². The first-order valence-electron chi connectivity index (χ1n) is 4.06. The molecule has 0 amide bonds. The van der Waals surface area contributed by atoms with Crippen molar-refractivity contribution in [3.8, 4) is 0 Å². The third-order valence-electron chi connectivity index (χ3n) is 1.49. The maximum Gasteiger partial charge on any atom is 0.415 e. The highest BCUT2D eigenvalue weighted by atomic mass is 32.2. The van der Waals surface area contributed by atoms with Crippen molar-refractivity contribution in [2.75, 3.05) is 17.2 Å². The first-order chi connectivity index (χ1) is 7.29. The summed E-state index contributed by atoms with van der Waals surface area (Å²) in [5.41, 5.74) is 10.6. The van der Waals surface area contributed by atoms with E-state index in [0.29, 0.717) is 11.8 Å². The fraction of sp³-hybridized carbons (Fsp3) is 0.429. The van der Waals surface area contributed by atoms with E-state index in [-0.39, 0.29) is 16.8 Å². The second-order valence-corrected chi connectivity index (χ2v) is 3.86. The Bertz CT molecular complexity index is 353. The maximum atomic E-state index is 12.0. The van der Waals surface area contributed by atoms with Crippen molar-refractivity contribution in [1.82, 2.24) is 9.97 Å². The molecule has 0 aliphatic heterocycles. The maximum absolute atomic E-state index is 12.0. The summed E-state index contributed by atoms with van der Waals surface area (Å²) in [4.78, 5) is 7.32. The van der Waals surface area contributed by atoms with Crippen LogP contribution in [0.4, 0.5) is 24.8 Å². The molecule has 90 valence electrons. The van der Waals surface area contributed by atoms with E-state index in [9.17, 15) is 13.2 Å². The Hall–Kier alpha value is -1.22. The van der Waals surface area contributed by atoms with E-state index in [1.54, 1.807) is 0 Å². The zero-order chi connectivity index (χ0) is 12.3. The first-order valence-corrected chi connectivity index (χ1v) is 5.05. The van der Waals surface area contributed by atoms with Gasteiger partial charge in [-0.25, -0.2) is 9.97 Å². The lowest BCUT2D eigenvalue weighted by Gasteiger charge is -2.13. The number of aliphatic hydroxyl groups excluding tert-OH is 1. The van der Waals surface area contributed by atoms with Gasteiger partial charge in [0, 0.05) is 11.8 Å². The molecule has 5 nitrogen and oxygen atoms in total. The molecule has 0 aliphatic rings. The van der Waals surface area contributed by atoms with E-state index < -0.39 is 18.0 Å². The molecule has 16 heavy (non-hydrogen) atoms. The lowest BCUT2D eigenvalue weighted by atomic mass is 10.4. The molecule has 1 aromatic heterocycles. The van der Waals surface area contributed by atoms with Gasteiger partial charge in [-0.05, 0) is 0 Å². The Balaban J connectivity index is 2.61. The first kappa shape index (κ1) is 12.8. The van der Waals surface area contributed by atoms with Crippen molar-refractivity contribution in [3.63, 3.8) is 0 Å². The lowest BCUT2D eigenvalue weighted by Crippen LogP contribution is -2.30. The van der Waals surface area contributed by atoms with Crippen LogP contribution >= 0.6 is 11.8 Å². The number of hydrogen-bond acceptors (Lipinski definition) is 6. The number of hydrogen-bond donors (Lipinski definition) is 3. The highest BCUT2D eigenvalue weighted by molar-refractivity contribution is 7.99. The summed E-state index contributed by atoms with van der Waals surface area (Å²) in [5.74, 6) is -0.472. The summed E-state index contributed by atoms with van der Waals surface area (Å²) in [6.45, 7) is 0. The molecular weight excluding hydrogens is 245 g/mol. The Labute approximate surface area is 93.1 Å². The van der Waals surface area contributed by atoms with Crippen LogP contribution in [0.15, 0.2) is 11.2 Å². The third kappa shape index (κ3) is 3.74. The number of rotatable bonds is 3. The van der Waals surface area contributed by atoms with Gasteiger partial charge in [0.15, 0.2) is 11.3 Å². The molecule has 0 aliphatic carbocycles. The fourth-order valence-electron chi connectivity index (χ4n) is 0.774. The number of nitrogen functional groups attached to an aromatic ring is 2. The van der Waals surface area contributed by atoms with Crippen molar-refractivity contribution < 1.29 is 18.3 Å². The number of anilines is 2. The average Bonchev–Trinajstić information content (AvgIpc) is 2.11. The van der Waals surface area contributed by atoms with Crippen LogP contribution < -0.4 is 11.5 Å². The molecule has 0 bridgehead atoms. The van der Waals surface area contributed by atoms with E-state index in [1.165, 1.54) is 6.07 Å². The molecular formula is C7H9F3N4OS. The lowest BCUT2D eigenvalue weighted by molar-refractivity contribution is -0.195. The largest absolute Gasteiger partial charge is 0.415 e. The van der Waals surface area contributed by atoms with Gasteiger partial charge in [-0.2, -0.15) is 13.2 Å². The molecule has 0 saturated carbocycles. The topological polar surface area (TPSA) is 98.1 Å². The summed E-state index contributed by atoms with van der Waals surface area (Å²) >= 11 is 0.632. The van der Waals surface area contributed by atoms with Crippen LogP contribution in [0, 0.1) is 0 Å². The van der Waals surface area contributed by atoms with Crippen molar-refractivity contribution in [2.45, 2.75) is 17.4 Å². The van der Waals surface area contributed by atoms with Crippen molar-refractivity contribution >= 4 is 23.4 Å². The van der Waals surface area contributed by atoms with Crippen LogP contribution in [0.1, 0.15) is 0 Å². The monoisotopic (exact) mass is 254 g/mol. The minimum atomic E-state index is -4.65. The molecule has 9 heteroatoms. The molecule has 0 spiro atoms. The van der Waals surface area contributed by atoms with Crippen molar-refractivity contribution in [2.24, 2.45) is 0 Å². The highest BCUT2D eigenvalue weighted by Crippen LogP contribution is 2.25. The van der Waals surface area contributed by atoms with Gasteiger partial charge >= 0.3 is 6.18 Å². The predicted octanol–water partition coefficient (Wildman–Crippen LogP) is 0.656. The van der Waals surface area contributed by atoms with Gasteiger partial charge in [-0.3, -0.25) is 0 Å². The minimum absolute atomic E-state index is 0.000741. The van der Waals surface area contributed by atoms with E-state index in [4.69, 9.17) is 16.6 Å². The van der Waals surface area contributed by atoms with Gasteiger partial charge in [-0.15, -0.1) is 0 Å². The van der Waals surface area contributed by atoms with Crippen LogP contribution in [-0.4, -0.2) is 33.1 Å². The van der Waals surface area contributed by atoms with Crippen LogP contribution in [0.5, 0.6) is 0 Å².